The Balaban J connectivity index is 2.21. The smallest absolute Gasteiger partial charge is 0.407 e. The maximum absolute atomic E-state index is 13.4. The Labute approximate surface area is 253 Å². The van der Waals surface area contributed by atoms with Crippen LogP contribution in [0.1, 0.15) is 86.1 Å². The van der Waals surface area contributed by atoms with Gasteiger partial charge in [0.25, 0.3) is 0 Å². The van der Waals surface area contributed by atoms with Crippen LogP contribution in [0.3, 0.4) is 0 Å². The van der Waals surface area contributed by atoms with Gasteiger partial charge in [0, 0.05) is 19.1 Å². The van der Waals surface area contributed by atoms with Gasteiger partial charge in [0.15, 0.2) is 0 Å². The number of carbonyl (C=O) groups is 2. The highest BCUT2D eigenvalue weighted by molar-refractivity contribution is 5.74. The Morgan fingerprint density at radius 1 is 1.10 bits per heavy atom. The first-order valence-corrected chi connectivity index (χ1v) is 15.6. The first-order valence-electron chi connectivity index (χ1n) is 15.6. The minimum Gasteiger partial charge on any atom is -0.459 e. The van der Waals surface area contributed by atoms with Gasteiger partial charge in [0.1, 0.15) is 23.9 Å². The van der Waals surface area contributed by atoms with Crippen molar-refractivity contribution in [3.05, 3.63) is 35.9 Å². The number of hydrogen-bond donors (Lipinski definition) is 4. The van der Waals surface area contributed by atoms with Gasteiger partial charge in [0.2, 0.25) is 0 Å². The summed E-state index contributed by atoms with van der Waals surface area (Å²) in [5, 5.41) is 36.7. The molecule has 9 atom stereocenters. The number of amides is 1. The van der Waals surface area contributed by atoms with Crippen molar-refractivity contribution in [2.24, 2.45) is 17.8 Å². The molecule has 1 heterocycles. The van der Waals surface area contributed by atoms with E-state index in [1.807, 2.05) is 50.9 Å². The number of alkyl carbamates (subject to hydrolysis) is 1. The Bertz CT molecular complexity index is 970. The van der Waals surface area contributed by atoms with Crippen LogP contribution < -0.4 is 5.32 Å². The second-order valence-electron chi connectivity index (χ2n) is 13.2. The lowest BCUT2D eigenvalue weighted by molar-refractivity contribution is -0.192. The van der Waals surface area contributed by atoms with Crippen molar-refractivity contribution in [2.75, 3.05) is 20.1 Å². The summed E-state index contributed by atoms with van der Waals surface area (Å²) in [5.41, 5.74) is -1.56. The Morgan fingerprint density at radius 2 is 1.74 bits per heavy atom. The van der Waals surface area contributed by atoms with E-state index < -0.39 is 53.5 Å². The normalized spacial score (nSPS) is 35.9. The van der Waals surface area contributed by atoms with Crippen LogP contribution in [-0.2, 0) is 20.7 Å². The summed E-state index contributed by atoms with van der Waals surface area (Å²) in [6.07, 6.45) is -0.00941. The number of benzene rings is 1. The van der Waals surface area contributed by atoms with E-state index in [0.29, 0.717) is 25.9 Å². The van der Waals surface area contributed by atoms with Crippen LogP contribution in [-0.4, -0.2) is 88.0 Å². The number of rotatable bonds is 7. The predicted octanol–water partition coefficient (Wildman–Crippen LogP) is 4.31. The molecule has 42 heavy (non-hydrogen) atoms. The molecule has 9 unspecified atom stereocenters. The van der Waals surface area contributed by atoms with E-state index in [1.165, 1.54) is 12.5 Å². The van der Waals surface area contributed by atoms with Crippen molar-refractivity contribution in [2.45, 2.75) is 123 Å². The molecule has 1 saturated heterocycles. The number of cyclic esters (lactones) is 1. The van der Waals surface area contributed by atoms with Gasteiger partial charge < -0.3 is 35.0 Å². The average Bonchev–Trinajstić information content (AvgIpc) is 2.92. The van der Waals surface area contributed by atoms with Gasteiger partial charge >= 0.3 is 12.1 Å². The molecule has 1 aliphatic heterocycles. The fourth-order valence-electron chi connectivity index (χ4n) is 6.45. The summed E-state index contributed by atoms with van der Waals surface area (Å²) < 4.78 is 11.7. The number of hydrogen-bond acceptors (Lipinski definition) is 8. The lowest BCUT2D eigenvalue weighted by atomic mass is 9.80. The number of aliphatic hydroxyl groups is 3. The van der Waals surface area contributed by atoms with Crippen molar-refractivity contribution < 1.29 is 34.4 Å². The molecule has 9 nitrogen and oxygen atoms in total. The third-order valence-electron chi connectivity index (χ3n) is 8.85. The number of unbranched alkanes of at least 4 members (excludes halogenated alkanes) is 1. The molecule has 240 valence electrons. The zero-order chi connectivity index (χ0) is 31.7. The molecule has 0 radical (unpaired) electrons. The molecule has 1 aromatic rings. The standard InChI is InChI=1S/C33H56N2O7/c1-9-27-33(7,40)29(36)25(5)35(8)21-22(2)19-32(6,39)20-23(3)28(24(4)30(37)41-27)42-31(38)34-18-14-13-17-26-15-11-10-12-16-26/h10-12,15-16,22-25,27-29,36,39-40H,9,13-14,17-21H2,1-8H3,(H,34,38). The predicted molar refractivity (Wildman–Crippen MR) is 164 cm³/mol. The highest BCUT2D eigenvalue weighted by Crippen LogP contribution is 2.33. The fourth-order valence-corrected chi connectivity index (χ4v) is 6.45. The SMILES string of the molecule is CCC1OC(=O)C(C)C(OC(=O)NCCCCc2ccccc2)C(C)CC(C)(O)CC(C)CN(C)C(C)C(O)C1(C)O. The lowest BCUT2D eigenvalue weighted by Crippen LogP contribution is -2.59. The van der Waals surface area contributed by atoms with Crippen molar-refractivity contribution in [3.8, 4) is 0 Å². The summed E-state index contributed by atoms with van der Waals surface area (Å²) in [4.78, 5) is 28.3. The van der Waals surface area contributed by atoms with Crippen LogP contribution >= 0.6 is 0 Å². The van der Waals surface area contributed by atoms with Crippen molar-refractivity contribution >= 4 is 12.1 Å². The number of ether oxygens (including phenoxy) is 2. The Morgan fingerprint density at radius 3 is 2.36 bits per heavy atom. The van der Waals surface area contributed by atoms with Crippen molar-refractivity contribution in [1.82, 2.24) is 10.2 Å². The van der Waals surface area contributed by atoms with Crippen LogP contribution in [0.5, 0.6) is 0 Å². The first kappa shape index (κ1) is 36.0. The summed E-state index contributed by atoms with van der Waals surface area (Å²) in [6, 6.07) is 9.73. The zero-order valence-corrected chi connectivity index (χ0v) is 27.0. The molecule has 0 aliphatic carbocycles. The van der Waals surface area contributed by atoms with E-state index in [0.717, 1.165) is 19.3 Å². The third kappa shape index (κ3) is 10.5. The quantitative estimate of drug-likeness (QED) is 0.272. The van der Waals surface area contributed by atoms with Crippen LogP contribution in [0, 0.1) is 17.8 Å². The molecule has 0 spiro atoms. The summed E-state index contributed by atoms with van der Waals surface area (Å²) >= 11 is 0. The molecule has 4 N–H and O–H groups in total. The van der Waals surface area contributed by atoms with E-state index >= 15 is 0 Å². The molecule has 0 bridgehead atoms. The summed E-state index contributed by atoms with van der Waals surface area (Å²) in [7, 11) is 1.87. The minimum absolute atomic E-state index is 0.0674. The molecule has 1 fully saturated rings. The van der Waals surface area contributed by atoms with E-state index in [2.05, 4.69) is 17.4 Å². The third-order valence-corrected chi connectivity index (χ3v) is 8.85. The van der Waals surface area contributed by atoms with Crippen molar-refractivity contribution in [3.63, 3.8) is 0 Å². The molecule has 1 aliphatic rings. The van der Waals surface area contributed by atoms with Crippen LogP contribution in [0.25, 0.3) is 0 Å². The number of aryl methyl sites for hydroxylation is 1. The van der Waals surface area contributed by atoms with Crippen molar-refractivity contribution in [1.29, 1.82) is 0 Å². The van der Waals surface area contributed by atoms with E-state index in [4.69, 9.17) is 9.47 Å². The largest absolute Gasteiger partial charge is 0.459 e. The maximum atomic E-state index is 13.4. The Kier molecular flexibility index (Phi) is 13.7. The zero-order valence-electron chi connectivity index (χ0n) is 27.0. The summed E-state index contributed by atoms with van der Waals surface area (Å²) in [6.45, 7) is 13.4. The molecule has 9 heteroatoms. The van der Waals surface area contributed by atoms with Crippen LogP contribution in [0.4, 0.5) is 4.79 Å². The van der Waals surface area contributed by atoms with Crippen LogP contribution in [0.15, 0.2) is 30.3 Å². The van der Waals surface area contributed by atoms with E-state index in [-0.39, 0.29) is 18.3 Å². The molecule has 2 rings (SSSR count). The van der Waals surface area contributed by atoms with Gasteiger partial charge in [-0.05, 0) is 90.7 Å². The Hall–Kier alpha value is -2.20. The highest BCUT2D eigenvalue weighted by Gasteiger charge is 2.46. The molecular formula is C33H56N2O7. The molecule has 1 amide bonds. The number of esters is 1. The average molecular weight is 593 g/mol. The number of likely N-dealkylation sites (N-methyl/N-ethyl adjacent to an activating group) is 1. The van der Waals surface area contributed by atoms with Gasteiger partial charge in [0.05, 0.1) is 11.5 Å². The first-order chi connectivity index (χ1) is 19.6. The fraction of sp³-hybridized carbons (Fsp3) is 0.758. The highest BCUT2D eigenvalue weighted by atomic mass is 16.6. The monoisotopic (exact) mass is 592 g/mol. The summed E-state index contributed by atoms with van der Waals surface area (Å²) in [5.74, 6) is -1.81. The minimum atomic E-state index is -1.72. The van der Waals surface area contributed by atoms with Gasteiger partial charge in [-0.3, -0.25) is 4.79 Å². The lowest BCUT2D eigenvalue weighted by Gasteiger charge is -2.42. The van der Waals surface area contributed by atoms with Gasteiger partial charge in [-0.25, -0.2) is 4.79 Å². The van der Waals surface area contributed by atoms with E-state index in [1.54, 1.807) is 20.8 Å². The molecule has 1 aromatic carbocycles. The molecular weight excluding hydrogens is 536 g/mol. The molecule has 0 aromatic heterocycles. The number of nitrogens with one attached hydrogen (secondary N) is 1. The van der Waals surface area contributed by atoms with E-state index in [9.17, 15) is 24.9 Å². The second-order valence-corrected chi connectivity index (χ2v) is 13.2. The van der Waals surface area contributed by atoms with Crippen LogP contribution in [0.2, 0.25) is 0 Å². The van der Waals surface area contributed by atoms with Gasteiger partial charge in [-0.2, -0.15) is 0 Å². The number of carbonyl (C=O) groups excluding carboxylic acids is 2. The van der Waals surface area contributed by atoms with Gasteiger partial charge in [-0.15, -0.1) is 0 Å². The second kappa shape index (κ2) is 16.0. The number of nitrogens with zero attached hydrogens (tertiary/aromatic N) is 1. The number of aliphatic hydroxyl groups excluding tert-OH is 1. The maximum Gasteiger partial charge on any atom is 0.407 e. The van der Waals surface area contributed by atoms with Gasteiger partial charge in [-0.1, -0.05) is 51.1 Å². The topological polar surface area (TPSA) is 129 Å². The molecule has 0 saturated carbocycles.